The third kappa shape index (κ3) is 1.35. The molecule has 1 rings (SSSR count). The van der Waals surface area contributed by atoms with Gasteiger partial charge in [-0.2, -0.15) is 0 Å². The van der Waals surface area contributed by atoms with Gasteiger partial charge in [0.15, 0.2) is 0 Å². The molecule has 0 atom stereocenters. The number of hydrogen-bond acceptors (Lipinski definition) is 2. The Bertz CT molecular complexity index is 267. The molecular formula is C9H12O2. The lowest BCUT2D eigenvalue weighted by Crippen LogP contribution is -1.91. The lowest BCUT2D eigenvalue weighted by atomic mass is 10.0. The summed E-state index contributed by atoms with van der Waals surface area (Å²) in [6.07, 6.45) is 0. The van der Waals surface area contributed by atoms with Crippen LogP contribution in [0.1, 0.15) is 16.7 Å². The van der Waals surface area contributed by atoms with Crippen LogP contribution in [0.5, 0.6) is 5.75 Å². The zero-order valence-electron chi connectivity index (χ0n) is 6.76. The molecule has 0 saturated carbocycles. The summed E-state index contributed by atoms with van der Waals surface area (Å²) in [5.74, 6) is 0.291. The van der Waals surface area contributed by atoms with E-state index in [9.17, 15) is 5.11 Å². The Labute approximate surface area is 66.1 Å². The minimum atomic E-state index is 0.0347. The summed E-state index contributed by atoms with van der Waals surface area (Å²) in [7, 11) is 0. The Kier molecular flexibility index (Phi) is 2.15. The SMILES string of the molecule is Cc1c(O)ccc(CO)c1C. The van der Waals surface area contributed by atoms with Crippen LogP contribution in [0, 0.1) is 13.8 Å². The van der Waals surface area contributed by atoms with E-state index >= 15 is 0 Å². The Morgan fingerprint density at radius 1 is 1.18 bits per heavy atom. The quantitative estimate of drug-likeness (QED) is 0.640. The van der Waals surface area contributed by atoms with Gasteiger partial charge in [-0.25, -0.2) is 0 Å². The smallest absolute Gasteiger partial charge is 0.118 e. The van der Waals surface area contributed by atoms with Crippen LogP contribution < -0.4 is 0 Å². The fraction of sp³-hybridized carbons (Fsp3) is 0.333. The van der Waals surface area contributed by atoms with E-state index < -0.39 is 0 Å². The molecule has 0 spiro atoms. The van der Waals surface area contributed by atoms with Crippen molar-refractivity contribution in [2.45, 2.75) is 20.5 Å². The average molecular weight is 152 g/mol. The van der Waals surface area contributed by atoms with Crippen LogP contribution in [0.15, 0.2) is 12.1 Å². The molecule has 60 valence electrons. The van der Waals surface area contributed by atoms with Crippen LogP contribution in [0.2, 0.25) is 0 Å². The number of aliphatic hydroxyl groups is 1. The molecule has 0 radical (unpaired) electrons. The average Bonchev–Trinajstić information content (AvgIpc) is 2.01. The number of aromatic hydroxyl groups is 1. The third-order valence-corrected chi connectivity index (χ3v) is 2.04. The number of benzene rings is 1. The Hall–Kier alpha value is -1.02. The predicted molar refractivity (Wildman–Crippen MR) is 43.5 cm³/mol. The molecule has 1 aromatic rings. The van der Waals surface area contributed by atoms with Gasteiger partial charge in [-0.3, -0.25) is 0 Å². The van der Waals surface area contributed by atoms with E-state index in [0.717, 1.165) is 16.7 Å². The lowest BCUT2D eigenvalue weighted by Gasteiger charge is -2.06. The molecule has 11 heavy (non-hydrogen) atoms. The van der Waals surface area contributed by atoms with Crippen molar-refractivity contribution < 1.29 is 10.2 Å². The molecule has 2 nitrogen and oxygen atoms in total. The summed E-state index contributed by atoms with van der Waals surface area (Å²) in [5, 5.41) is 18.1. The highest BCUT2D eigenvalue weighted by Gasteiger charge is 2.02. The molecule has 2 N–H and O–H groups in total. The van der Waals surface area contributed by atoms with Crippen LogP contribution in [0.3, 0.4) is 0 Å². The predicted octanol–water partition coefficient (Wildman–Crippen LogP) is 1.50. The van der Waals surface area contributed by atoms with Crippen molar-refractivity contribution in [3.05, 3.63) is 28.8 Å². The van der Waals surface area contributed by atoms with Crippen molar-refractivity contribution in [1.82, 2.24) is 0 Å². The number of aliphatic hydroxyl groups excluding tert-OH is 1. The van der Waals surface area contributed by atoms with Crippen LogP contribution in [-0.2, 0) is 6.61 Å². The first-order valence-electron chi connectivity index (χ1n) is 3.55. The highest BCUT2D eigenvalue weighted by atomic mass is 16.3. The van der Waals surface area contributed by atoms with Gasteiger partial charge >= 0.3 is 0 Å². The lowest BCUT2D eigenvalue weighted by molar-refractivity contribution is 0.280. The standard InChI is InChI=1S/C9H12O2/c1-6-7(2)9(11)4-3-8(6)5-10/h3-4,10-11H,5H2,1-2H3. The van der Waals surface area contributed by atoms with Gasteiger partial charge in [-0.05, 0) is 36.6 Å². The third-order valence-electron chi connectivity index (χ3n) is 2.04. The molecule has 2 heteroatoms. The van der Waals surface area contributed by atoms with Crippen molar-refractivity contribution >= 4 is 0 Å². The highest BCUT2D eigenvalue weighted by molar-refractivity contribution is 5.42. The van der Waals surface area contributed by atoms with Crippen molar-refractivity contribution in [3.63, 3.8) is 0 Å². The van der Waals surface area contributed by atoms with Gasteiger partial charge in [0.1, 0.15) is 5.75 Å². The van der Waals surface area contributed by atoms with Crippen molar-refractivity contribution in [3.8, 4) is 5.75 Å². The van der Waals surface area contributed by atoms with Gasteiger partial charge < -0.3 is 10.2 Å². The molecule has 0 bridgehead atoms. The van der Waals surface area contributed by atoms with Crippen LogP contribution in [0.4, 0.5) is 0 Å². The maximum absolute atomic E-state index is 9.24. The molecular weight excluding hydrogens is 140 g/mol. The monoisotopic (exact) mass is 152 g/mol. The van der Waals surface area contributed by atoms with E-state index in [-0.39, 0.29) is 6.61 Å². The topological polar surface area (TPSA) is 40.5 Å². The van der Waals surface area contributed by atoms with Crippen molar-refractivity contribution in [2.24, 2.45) is 0 Å². The zero-order valence-corrected chi connectivity index (χ0v) is 6.76. The van der Waals surface area contributed by atoms with E-state index in [2.05, 4.69) is 0 Å². The maximum atomic E-state index is 9.24. The molecule has 0 unspecified atom stereocenters. The zero-order chi connectivity index (χ0) is 8.43. The highest BCUT2D eigenvalue weighted by Crippen LogP contribution is 2.22. The molecule has 1 aromatic carbocycles. The molecule has 0 aliphatic heterocycles. The van der Waals surface area contributed by atoms with Gasteiger partial charge in [-0.15, -0.1) is 0 Å². The summed E-state index contributed by atoms with van der Waals surface area (Å²) >= 11 is 0. The summed E-state index contributed by atoms with van der Waals surface area (Å²) in [4.78, 5) is 0. The fourth-order valence-electron chi connectivity index (χ4n) is 1.03. The van der Waals surface area contributed by atoms with Gasteiger partial charge in [0.2, 0.25) is 0 Å². The largest absolute Gasteiger partial charge is 0.508 e. The normalized spacial score (nSPS) is 10.1. The first kappa shape index (κ1) is 8.08. The van der Waals surface area contributed by atoms with Gasteiger partial charge in [-0.1, -0.05) is 6.07 Å². The van der Waals surface area contributed by atoms with E-state index in [4.69, 9.17) is 5.11 Å². The summed E-state index contributed by atoms with van der Waals surface area (Å²) in [6, 6.07) is 3.34. The minimum Gasteiger partial charge on any atom is -0.508 e. The van der Waals surface area contributed by atoms with Crippen LogP contribution in [-0.4, -0.2) is 10.2 Å². The summed E-state index contributed by atoms with van der Waals surface area (Å²) in [6.45, 7) is 3.76. The molecule has 0 aliphatic carbocycles. The van der Waals surface area contributed by atoms with Crippen LogP contribution in [0.25, 0.3) is 0 Å². The van der Waals surface area contributed by atoms with Gasteiger partial charge in [0.25, 0.3) is 0 Å². The minimum absolute atomic E-state index is 0.0347. The number of rotatable bonds is 1. The number of hydrogen-bond donors (Lipinski definition) is 2. The first-order chi connectivity index (χ1) is 5.16. The van der Waals surface area contributed by atoms with E-state index in [1.165, 1.54) is 0 Å². The van der Waals surface area contributed by atoms with Crippen molar-refractivity contribution in [2.75, 3.05) is 0 Å². The number of phenolic OH excluding ortho intramolecular Hbond substituents is 1. The molecule has 0 saturated heterocycles. The molecule has 0 aliphatic rings. The first-order valence-corrected chi connectivity index (χ1v) is 3.55. The second kappa shape index (κ2) is 2.93. The van der Waals surface area contributed by atoms with Gasteiger partial charge in [0, 0.05) is 0 Å². The Balaban J connectivity index is 3.25. The van der Waals surface area contributed by atoms with Gasteiger partial charge in [0.05, 0.1) is 6.61 Å². The van der Waals surface area contributed by atoms with Crippen LogP contribution >= 0.6 is 0 Å². The van der Waals surface area contributed by atoms with E-state index in [1.807, 2.05) is 13.8 Å². The van der Waals surface area contributed by atoms with Crippen molar-refractivity contribution in [1.29, 1.82) is 0 Å². The summed E-state index contributed by atoms with van der Waals surface area (Å²) < 4.78 is 0. The Morgan fingerprint density at radius 3 is 2.36 bits per heavy atom. The molecule has 0 amide bonds. The van der Waals surface area contributed by atoms with E-state index in [0.29, 0.717) is 5.75 Å². The second-order valence-corrected chi connectivity index (χ2v) is 2.65. The van der Waals surface area contributed by atoms with E-state index in [1.54, 1.807) is 12.1 Å². The number of phenols is 1. The molecule has 0 aromatic heterocycles. The molecule has 0 fully saturated rings. The maximum Gasteiger partial charge on any atom is 0.118 e. The summed E-state index contributed by atoms with van der Waals surface area (Å²) in [5.41, 5.74) is 2.68. The second-order valence-electron chi connectivity index (χ2n) is 2.65. The molecule has 0 heterocycles. The fourth-order valence-corrected chi connectivity index (χ4v) is 1.03. The Morgan fingerprint density at radius 2 is 1.82 bits per heavy atom.